The second kappa shape index (κ2) is 5.10. The van der Waals surface area contributed by atoms with Crippen molar-refractivity contribution in [3.05, 3.63) is 52.5 Å². The first-order valence-corrected chi connectivity index (χ1v) is 6.07. The normalized spacial score (nSPS) is 10.1. The Morgan fingerprint density at radius 2 is 1.67 bits per heavy atom. The Balaban J connectivity index is 2.16. The molecule has 92 valence electrons. The zero-order chi connectivity index (χ0) is 13.1. The smallest absolute Gasteiger partial charge is 0.255 e. The van der Waals surface area contributed by atoms with E-state index in [1.165, 1.54) is 0 Å². The number of anilines is 3. The summed E-state index contributed by atoms with van der Waals surface area (Å²) >= 11 is 3.33. The van der Waals surface area contributed by atoms with Crippen LogP contribution in [0.1, 0.15) is 10.4 Å². The minimum atomic E-state index is -0.218. The SMILES string of the molecule is Nc1ccc(C(=O)Nc2ccc(Br)cc2)cc1N. The van der Waals surface area contributed by atoms with Gasteiger partial charge < -0.3 is 16.8 Å². The molecular weight excluding hydrogens is 294 g/mol. The molecule has 0 heterocycles. The van der Waals surface area contributed by atoms with Crippen LogP contribution in [-0.4, -0.2) is 5.91 Å². The molecule has 4 nitrogen and oxygen atoms in total. The van der Waals surface area contributed by atoms with Gasteiger partial charge in [0, 0.05) is 15.7 Å². The van der Waals surface area contributed by atoms with Crippen LogP contribution < -0.4 is 16.8 Å². The van der Waals surface area contributed by atoms with Gasteiger partial charge in [0.1, 0.15) is 0 Å². The van der Waals surface area contributed by atoms with Gasteiger partial charge in [-0.15, -0.1) is 0 Å². The summed E-state index contributed by atoms with van der Waals surface area (Å²) in [5, 5.41) is 2.78. The van der Waals surface area contributed by atoms with Crippen molar-refractivity contribution in [2.75, 3.05) is 16.8 Å². The molecule has 0 fully saturated rings. The van der Waals surface area contributed by atoms with Crippen LogP contribution >= 0.6 is 15.9 Å². The summed E-state index contributed by atoms with van der Waals surface area (Å²) in [6, 6.07) is 12.1. The van der Waals surface area contributed by atoms with Gasteiger partial charge in [0.05, 0.1) is 11.4 Å². The molecule has 0 spiro atoms. The van der Waals surface area contributed by atoms with Gasteiger partial charge in [-0.2, -0.15) is 0 Å². The van der Waals surface area contributed by atoms with Gasteiger partial charge in [0.2, 0.25) is 0 Å². The van der Waals surface area contributed by atoms with E-state index < -0.39 is 0 Å². The lowest BCUT2D eigenvalue weighted by Gasteiger charge is -2.07. The van der Waals surface area contributed by atoms with Gasteiger partial charge in [-0.1, -0.05) is 15.9 Å². The largest absolute Gasteiger partial charge is 0.397 e. The Labute approximate surface area is 113 Å². The number of nitrogens with two attached hydrogens (primary N) is 2. The number of halogens is 1. The molecule has 5 heteroatoms. The third-order valence-corrected chi connectivity index (χ3v) is 2.98. The molecule has 2 aromatic rings. The van der Waals surface area contributed by atoms with E-state index in [1.54, 1.807) is 18.2 Å². The topological polar surface area (TPSA) is 81.1 Å². The van der Waals surface area contributed by atoms with Crippen molar-refractivity contribution in [2.45, 2.75) is 0 Å². The Bertz CT molecular complexity index is 581. The first-order valence-electron chi connectivity index (χ1n) is 5.28. The zero-order valence-electron chi connectivity index (χ0n) is 9.48. The number of carbonyl (C=O) groups is 1. The minimum Gasteiger partial charge on any atom is -0.397 e. The Kier molecular flexibility index (Phi) is 3.53. The summed E-state index contributed by atoms with van der Waals surface area (Å²) in [7, 11) is 0. The van der Waals surface area contributed by atoms with E-state index in [0.29, 0.717) is 16.9 Å². The Morgan fingerprint density at radius 3 is 2.28 bits per heavy atom. The van der Waals surface area contributed by atoms with Crippen molar-refractivity contribution >= 4 is 38.9 Å². The lowest BCUT2D eigenvalue weighted by Crippen LogP contribution is -2.12. The van der Waals surface area contributed by atoms with Gasteiger partial charge >= 0.3 is 0 Å². The lowest BCUT2D eigenvalue weighted by molar-refractivity contribution is 0.102. The van der Waals surface area contributed by atoms with Crippen molar-refractivity contribution in [3.63, 3.8) is 0 Å². The summed E-state index contributed by atoms with van der Waals surface area (Å²) in [6.45, 7) is 0. The van der Waals surface area contributed by atoms with Crippen LogP contribution in [0, 0.1) is 0 Å². The summed E-state index contributed by atoms with van der Waals surface area (Å²) in [6.07, 6.45) is 0. The fourth-order valence-electron chi connectivity index (χ4n) is 1.45. The maximum absolute atomic E-state index is 11.9. The highest BCUT2D eigenvalue weighted by molar-refractivity contribution is 9.10. The molecule has 1 amide bonds. The van der Waals surface area contributed by atoms with Crippen molar-refractivity contribution in [2.24, 2.45) is 0 Å². The van der Waals surface area contributed by atoms with E-state index in [9.17, 15) is 4.79 Å². The predicted molar refractivity (Wildman–Crippen MR) is 77.4 cm³/mol. The van der Waals surface area contributed by atoms with Gasteiger partial charge in [-0.3, -0.25) is 4.79 Å². The van der Waals surface area contributed by atoms with Crippen molar-refractivity contribution < 1.29 is 4.79 Å². The number of amides is 1. The highest BCUT2D eigenvalue weighted by atomic mass is 79.9. The van der Waals surface area contributed by atoms with E-state index in [2.05, 4.69) is 21.2 Å². The quantitative estimate of drug-likeness (QED) is 0.746. The van der Waals surface area contributed by atoms with Crippen molar-refractivity contribution in [3.8, 4) is 0 Å². The summed E-state index contributed by atoms with van der Waals surface area (Å²) in [5.74, 6) is -0.218. The second-order valence-electron chi connectivity index (χ2n) is 3.80. The fraction of sp³-hybridized carbons (Fsp3) is 0. The molecule has 0 aromatic heterocycles. The maximum Gasteiger partial charge on any atom is 0.255 e. The van der Waals surface area contributed by atoms with Crippen LogP contribution in [0.4, 0.5) is 17.1 Å². The molecule has 5 N–H and O–H groups in total. The molecule has 2 rings (SSSR count). The van der Waals surface area contributed by atoms with Crippen molar-refractivity contribution in [1.82, 2.24) is 0 Å². The molecule has 18 heavy (non-hydrogen) atoms. The van der Waals surface area contributed by atoms with E-state index >= 15 is 0 Å². The molecule has 0 aliphatic heterocycles. The number of benzene rings is 2. The molecule has 0 atom stereocenters. The number of rotatable bonds is 2. The van der Waals surface area contributed by atoms with Crippen LogP contribution in [0.15, 0.2) is 46.9 Å². The minimum absolute atomic E-state index is 0.218. The van der Waals surface area contributed by atoms with Crippen molar-refractivity contribution in [1.29, 1.82) is 0 Å². The predicted octanol–water partition coefficient (Wildman–Crippen LogP) is 2.87. The van der Waals surface area contributed by atoms with Gasteiger partial charge in [0.25, 0.3) is 5.91 Å². The third-order valence-electron chi connectivity index (χ3n) is 2.45. The second-order valence-corrected chi connectivity index (χ2v) is 4.72. The summed E-state index contributed by atoms with van der Waals surface area (Å²) < 4.78 is 0.956. The standard InChI is InChI=1S/C13H12BrN3O/c14-9-2-4-10(5-3-9)17-13(18)8-1-6-11(15)12(16)7-8/h1-7H,15-16H2,(H,17,18). The number of nitrogen functional groups attached to an aromatic ring is 2. The molecule has 2 aromatic carbocycles. The maximum atomic E-state index is 11.9. The van der Waals surface area contributed by atoms with E-state index in [-0.39, 0.29) is 5.91 Å². The molecule has 0 radical (unpaired) electrons. The summed E-state index contributed by atoms with van der Waals surface area (Å²) in [4.78, 5) is 11.9. The average Bonchev–Trinajstić information content (AvgIpc) is 2.35. The van der Waals surface area contributed by atoms with Gasteiger partial charge in [-0.25, -0.2) is 0 Å². The number of nitrogens with one attached hydrogen (secondary N) is 1. The monoisotopic (exact) mass is 305 g/mol. The van der Waals surface area contributed by atoms with E-state index in [4.69, 9.17) is 11.5 Å². The fourth-order valence-corrected chi connectivity index (χ4v) is 1.72. The first kappa shape index (κ1) is 12.4. The molecule has 0 aliphatic carbocycles. The molecule has 0 bridgehead atoms. The molecule has 0 aliphatic rings. The lowest BCUT2D eigenvalue weighted by atomic mass is 10.1. The average molecular weight is 306 g/mol. The van der Waals surface area contributed by atoms with Gasteiger partial charge in [0.15, 0.2) is 0 Å². The molecule has 0 saturated carbocycles. The Hall–Kier alpha value is -2.01. The molecular formula is C13H12BrN3O. The van der Waals surface area contributed by atoms with Crippen LogP contribution in [-0.2, 0) is 0 Å². The highest BCUT2D eigenvalue weighted by Crippen LogP contribution is 2.18. The van der Waals surface area contributed by atoms with E-state index in [1.807, 2.05) is 24.3 Å². The highest BCUT2D eigenvalue weighted by Gasteiger charge is 2.07. The first-order chi connectivity index (χ1) is 8.56. The van der Waals surface area contributed by atoms with Crippen LogP contribution in [0.3, 0.4) is 0 Å². The van der Waals surface area contributed by atoms with Crippen LogP contribution in [0.25, 0.3) is 0 Å². The Morgan fingerprint density at radius 1 is 1.00 bits per heavy atom. The van der Waals surface area contributed by atoms with Crippen LogP contribution in [0.2, 0.25) is 0 Å². The third kappa shape index (κ3) is 2.81. The van der Waals surface area contributed by atoms with Gasteiger partial charge in [-0.05, 0) is 42.5 Å². The van der Waals surface area contributed by atoms with E-state index in [0.717, 1.165) is 10.2 Å². The van der Waals surface area contributed by atoms with Crippen LogP contribution in [0.5, 0.6) is 0 Å². The summed E-state index contributed by atoms with van der Waals surface area (Å²) in [5.41, 5.74) is 13.3. The number of carbonyl (C=O) groups excluding carboxylic acids is 1. The molecule has 0 unspecified atom stereocenters. The molecule has 0 saturated heterocycles. The number of hydrogen-bond donors (Lipinski definition) is 3. The zero-order valence-corrected chi connectivity index (χ0v) is 11.1. The number of hydrogen-bond acceptors (Lipinski definition) is 3.